The van der Waals surface area contributed by atoms with Crippen molar-refractivity contribution in [1.29, 1.82) is 0 Å². The van der Waals surface area contributed by atoms with Gasteiger partial charge in [-0.25, -0.2) is 4.79 Å². The molecule has 0 atom stereocenters. The normalized spacial score (nSPS) is 11.9. The largest absolute Gasteiger partial charge is 0.440 e. The van der Waals surface area contributed by atoms with E-state index in [-0.39, 0.29) is 12.5 Å². The number of rotatable bonds is 4. The van der Waals surface area contributed by atoms with E-state index in [0.717, 1.165) is 0 Å². The molecule has 0 heterocycles. The molecule has 0 aliphatic heterocycles. The maximum absolute atomic E-state index is 11.7. The van der Waals surface area contributed by atoms with Crippen LogP contribution in [0.1, 0.15) is 13.8 Å². The summed E-state index contributed by atoms with van der Waals surface area (Å²) in [4.78, 5) is 22.2. The van der Waals surface area contributed by atoms with Gasteiger partial charge in [-0.05, 0) is 13.8 Å². The first-order valence-electron chi connectivity index (χ1n) is 4.78. The summed E-state index contributed by atoms with van der Waals surface area (Å²) in [5.74, 6) is -0.339. The number of alkyl carbamates (subject to hydrolysis) is 1. The molecule has 0 saturated carbocycles. The molecule has 100 valence electrons. The molecule has 0 aliphatic carbocycles. The smallest absolute Gasteiger partial charge is 0.422 e. The molecule has 0 saturated heterocycles. The summed E-state index contributed by atoms with van der Waals surface area (Å²) >= 11 is 0. The molecule has 0 aromatic carbocycles. The lowest BCUT2D eigenvalue weighted by molar-refractivity contribution is -0.160. The van der Waals surface area contributed by atoms with Crippen LogP contribution in [0.3, 0.4) is 0 Å². The minimum Gasteiger partial charge on any atom is -0.440 e. The van der Waals surface area contributed by atoms with E-state index in [9.17, 15) is 22.8 Å². The van der Waals surface area contributed by atoms with Crippen LogP contribution in [0.4, 0.5) is 18.0 Å². The molecule has 0 fully saturated rings. The number of hydrogen-bond acceptors (Lipinski definition) is 3. The zero-order valence-electron chi connectivity index (χ0n) is 9.77. The van der Waals surface area contributed by atoms with Crippen LogP contribution in [0, 0.1) is 5.41 Å². The quantitative estimate of drug-likeness (QED) is 0.790. The van der Waals surface area contributed by atoms with Gasteiger partial charge < -0.3 is 15.4 Å². The highest BCUT2D eigenvalue weighted by Crippen LogP contribution is 2.15. The van der Waals surface area contributed by atoms with Crippen molar-refractivity contribution >= 4 is 12.0 Å². The molecule has 2 N–H and O–H groups in total. The summed E-state index contributed by atoms with van der Waals surface area (Å²) in [6.45, 7) is 1.30. The molecule has 0 bridgehead atoms. The Morgan fingerprint density at radius 2 is 1.76 bits per heavy atom. The van der Waals surface area contributed by atoms with Gasteiger partial charge in [0, 0.05) is 13.6 Å². The van der Waals surface area contributed by atoms with E-state index in [1.54, 1.807) is 0 Å². The lowest BCUT2D eigenvalue weighted by Gasteiger charge is -2.22. The predicted molar refractivity (Wildman–Crippen MR) is 53.3 cm³/mol. The number of hydrogen-bond donors (Lipinski definition) is 2. The number of halogens is 3. The molecule has 0 spiro atoms. The van der Waals surface area contributed by atoms with Crippen LogP contribution < -0.4 is 10.6 Å². The number of alkyl halides is 3. The first kappa shape index (κ1) is 15.5. The lowest BCUT2D eigenvalue weighted by Crippen LogP contribution is -2.44. The molecule has 0 rings (SSSR count). The van der Waals surface area contributed by atoms with Gasteiger partial charge in [0.2, 0.25) is 5.91 Å². The molecule has 0 radical (unpaired) electrons. The van der Waals surface area contributed by atoms with Crippen molar-refractivity contribution in [3.63, 3.8) is 0 Å². The Hall–Kier alpha value is -1.47. The molecular formula is C9H15F3N2O3. The van der Waals surface area contributed by atoms with Crippen LogP contribution in [0.25, 0.3) is 0 Å². The third-order valence-corrected chi connectivity index (χ3v) is 1.88. The molecule has 17 heavy (non-hydrogen) atoms. The van der Waals surface area contributed by atoms with E-state index in [1.807, 2.05) is 0 Å². The molecule has 2 amide bonds. The second-order valence-electron chi connectivity index (χ2n) is 4.01. The van der Waals surface area contributed by atoms with Crippen LogP contribution in [-0.4, -0.2) is 38.4 Å². The van der Waals surface area contributed by atoms with Gasteiger partial charge in [0.15, 0.2) is 6.61 Å². The summed E-state index contributed by atoms with van der Waals surface area (Å²) in [6.07, 6.45) is -5.77. The van der Waals surface area contributed by atoms with Gasteiger partial charge in [0.05, 0.1) is 5.41 Å². The van der Waals surface area contributed by atoms with Crippen LogP contribution >= 0.6 is 0 Å². The number of nitrogens with one attached hydrogen (secondary N) is 2. The first-order chi connectivity index (χ1) is 7.58. The van der Waals surface area contributed by atoms with Crippen molar-refractivity contribution in [3.8, 4) is 0 Å². The zero-order chi connectivity index (χ0) is 13.7. The Kier molecular flexibility index (Phi) is 5.24. The van der Waals surface area contributed by atoms with Crippen molar-refractivity contribution in [1.82, 2.24) is 10.6 Å². The standard InChI is InChI=1S/C9H15F3N2O3/c1-8(2,6(15)13-3)4-14-7(16)17-5-9(10,11)12/h4-5H2,1-3H3,(H,13,15)(H,14,16). The Morgan fingerprint density at radius 1 is 1.24 bits per heavy atom. The van der Waals surface area contributed by atoms with Gasteiger partial charge in [0.1, 0.15) is 0 Å². The fourth-order valence-corrected chi connectivity index (χ4v) is 0.910. The van der Waals surface area contributed by atoms with Gasteiger partial charge >= 0.3 is 12.3 Å². The van der Waals surface area contributed by atoms with E-state index in [2.05, 4.69) is 15.4 Å². The van der Waals surface area contributed by atoms with E-state index in [4.69, 9.17) is 0 Å². The fraction of sp³-hybridized carbons (Fsp3) is 0.778. The summed E-state index contributed by atoms with van der Waals surface area (Å²) in [5, 5.41) is 4.46. The monoisotopic (exact) mass is 256 g/mol. The Bertz CT molecular complexity index is 290. The minimum absolute atomic E-state index is 0.122. The minimum atomic E-state index is -4.56. The van der Waals surface area contributed by atoms with E-state index < -0.39 is 24.3 Å². The number of amides is 2. The number of carbonyl (C=O) groups excluding carboxylic acids is 2. The lowest BCUT2D eigenvalue weighted by atomic mass is 9.92. The summed E-state index contributed by atoms with van der Waals surface area (Å²) < 4.78 is 39.0. The van der Waals surface area contributed by atoms with Crippen LogP contribution in [-0.2, 0) is 9.53 Å². The molecule has 5 nitrogen and oxygen atoms in total. The summed E-state index contributed by atoms with van der Waals surface area (Å²) in [6, 6.07) is 0. The van der Waals surface area contributed by atoms with Crippen LogP contribution in [0.5, 0.6) is 0 Å². The van der Waals surface area contributed by atoms with Gasteiger partial charge in [-0.3, -0.25) is 4.79 Å². The van der Waals surface area contributed by atoms with Crippen LogP contribution in [0.15, 0.2) is 0 Å². The third-order valence-electron chi connectivity index (χ3n) is 1.88. The molecule has 0 aromatic rings. The van der Waals surface area contributed by atoms with Gasteiger partial charge in [-0.2, -0.15) is 13.2 Å². The summed E-state index contributed by atoms with van der Waals surface area (Å²) in [7, 11) is 1.42. The second kappa shape index (κ2) is 5.74. The Morgan fingerprint density at radius 3 is 2.18 bits per heavy atom. The van der Waals surface area contributed by atoms with Gasteiger partial charge in [-0.15, -0.1) is 0 Å². The first-order valence-corrected chi connectivity index (χ1v) is 4.78. The molecule has 8 heteroatoms. The maximum atomic E-state index is 11.7. The molecular weight excluding hydrogens is 241 g/mol. The van der Waals surface area contributed by atoms with E-state index >= 15 is 0 Å². The highest BCUT2D eigenvalue weighted by atomic mass is 19.4. The Balaban J connectivity index is 4.04. The number of carbonyl (C=O) groups is 2. The summed E-state index contributed by atoms with van der Waals surface area (Å²) in [5.41, 5.74) is -0.925. The average molecular weight is 256 g/mol. The SMILES string of the molecule is CNC(=O)C(C)(C)CNC(=O)OCC(F)(F)F. The number of ether oxygens (including phenoxy) is 1. The van der Waals surface area contributed by atoms with Crippen molar-refractivity contribution in [3.05, 3.63) is 0 Å². The average Bonchev–Trinajstić information content (AvgIpc) is 2.21. The molecule has 0 unspecified atom stereocenters. The predicted octanol–water partition coefficient (Wildman–Crippen LogP) is 1.05. The van der Waals surface area contributed by atoms with E-state index in [0.29, 0.717) is 0 Å². The van der Waals surface area contributed by atoms with Gasteiger partial charge in [0.25, 0.3) is 0 Å². The van der Waals surface area contributed by atoms with Crippen molar-refractivity contribution < 1.29 is 27.5 Å². The Labute approximate surface area is 96.7 Å². The van der Waals surface area contributed by atoms with Crippen molar-refractivity contribution in [2.75, 3.05) is 20.2 Å². The highest BCUT2D eigenvalue weighted by molar-refractivity contribution is 5.82. The van der Waals surface area contributed by atoms with Crippen LogP contribution in [0.2, 0.25) is 0 Å². The topological polar surface area (TPSA) is 67.4 Å². The van der Waals surface area contributed by atoms with E-state index in [1.165, 1.54) is 20.9 Å². The maximum Gasteiger partial charge on any atom is 0.422 e. The third kappa shape index (κ3) is 6.64. The van der Waals surface area contributed by atoms with Gasteiger partial charge in [-0.1, -0.05) is 0 Å². The highest BCUT2D eigenvalue weighted by Gasteiger charge is 2.31. The van der Waals surface area contributed by atoms with Crippen molar-refractivity contribution in [2.45, 2.75) is 20.0 Å². The molecule has 0 aromatic heterocycles. The van der Waals surface area contributed by atoms with Crippen molar-refractivity contribution in [2.24, 2.45) is 5.41 Å². The second-order valence-corrected chi connectivity index (χ2v) is 4.01. The fourth-order valence-electron chi connectivity index (χ4n) is 0.910. The zero-order valence-corrected chi connectivity index (χ0v) is 9.77. The molecule has 0 aliphatic rings.